The van der Waals surface area contributed by atoms with E-state index in [2.05, 4.69) is 0 Å². The molecule has 0 saturated carbocycles. The fraction of sp³-hybridized carbons (Fsp3) is 0.0741. The fourth-order valence-electron chi connectivity index (χ4n) is 3.38. The molecule has 0 N–H and O–H groups in total. The zero-order valence-electron chi connectivity index (χ0n) is 17.8. The van der Waals surface area contributed by atoms with Gasteiger partial charge in [0.1, 0.15) is 0 Å². The molecule has 0 bridgehead atoms. The molecule has 0 heterocycles. The molecule has 3 nitrogen and oxygen atoms in total. The van der Waals surface area contributed by atoms with Crippen molar-refractivity contribution in [1.29, 1.82) is 0 Å². The third kappa shape index (κ3) is 5.53. The molecule has 0 aliphatic heterocycles. The Balaban J connectivity index is 1.88. The van der Waals surface area contributed by atoms with E-state index in [-0.39, 0.29) is 5.97 Å². The summed E-state index contributed by atoms with van der Waals surface area (Å²) in [6.07, 6.45) is 0. The van der Waals surface area contributed by atoms with Gasteiger partial charge in [-0.15, -0.1) is 0 Å². The van der Waals surface area contributed by atoms with Gasteiger partial charge in [-0.25, -0.2) is 9.52 Å². The number of hydrogen-bond donors (Lipinski definition) is 0. The third-order valence-corrected chi connectivity index (χ3v) is 6.41. The van der Waals surface area contributed by atoms with Gasteiger partial charge in [0.2, 0.25) is 0 Å². The Bertz CT molecular complexity index is 1200. The molecule has 33 heavy (non-hydrogen) atoms. The number of benzene rings is 4. The van der Waals surface area contributed by atoms with Crippen LogP contribution in [0, 0.1) is 0 Å². The van der Waals surface area contributed by atoms with Crippen LogP contribution in [0.5, 0.6) is 0 Å². The molecule has 0 saturated heterocycles. The SMILES string of the molecule is CCOC(=O)c1cc(-c2ccccc2)c([N]Sc2ccc(Cl)cc2Cl)c(-c2ccccc2)c1. The molecule has 165 valence electrons. The number of ether oxygens (including phenoxy) is 1. The summed E-state index contributed by atoms with van der Waals surface area (Å²) in [5, 5.41) is 1.10. The van der Waals surface area contributed by atoms with E-state index in [1.807, 2.05) is 78.9 Å². The van der Waals surface area contributed by atoms with E-state index in [0.717, 1.165) is 32.8 Å². The van der Waals surface area contributed by atoms with E-state index in [4.69, 9.17) is 32.7 Å². The Morgan fingerprint density at radius 3 is 1.94 bits per heavy atom. The number of esters is 1. The highest BCUT2D eigenvalue weighted by atomic mass is 35.5. The lowest BCUT2D eigenvalue weighted by Crippen LogP contribution is -2.06. The van der Waals surface area contributed by atoms with Crippen molar-refractivity contribution in [3.05, 3.63) is 107 Å². The van der Waals surface area contributed by atoms with Gasteiger partial charge in [-0.1, -0.05) is 83.9 Å². The van der Waals surface area contributed by atoms with Crippen molar-refractivity contribution in [2.75, 3.05) is 6.61 Å². The van der Waals surface area contributed by atoms with Gasteiger partial charge in [0, 0.05) is 33.0 Å². The first kappa shape index (κ1) is 23.2. The summed E-state index contributed by atoms with van der Waals surface area (Å²) < 4.78 is 10.2. The molecular weight excluding hydrogens is 473 g/mol. The maximum atomic E-state index is 12.7. The van der Waals surface area contributed by atoms with Crippen LogP contribution in [0.25, 0.3) is 22.3 Å². The maximum Gasteiger partial charge on any atom is 0.338 e. The zero-order chi connectivity index (χ0) is 23.2. The van der Waals surface area contributed by atoms with E-state index in [0.29, 0.717) is 22.2 Å². The number of halogens is 2. The number of nitrogens with zero attached hydrogens (tertiary/aromatic N) is 1. The van der Waals surface area contributed by atoms with Gasteiger partial charge < -0.3 is 4.74 Å². The molecule has 0 aromatic heterocycles. The van der Waals surface area contributed by atoms with Crippen LogP contribution in [0.1, 0.15) is 17.3 Å². The van der Waals surface area contributed by atoms with E-state index in [9.17, 15) is 4.79 Å². The summed E-state index contributed by atoms with van der Waals surface area (Å²) in [5.41, 5.74) is 4.78. The monoisotopic (exact) mass is 492 g/mol. The Kier molecular flexibility index (Phi) is 7.61. The molecule has 0 atom stereocenters. The van der Waals surface area contributed by atoms with Crippen LogP contribution in [-0.4, -0.2) is 12.6 Å². The van der Waals surface area contributed by atoms with Gasteiger partial charge in [-0.05, 0) is 48.4 Å². The van der Waals surface area contributed by atoms with E-state index in [1.165, 1.54) is 11.9 Å². The predicted molar refractivity (Wildman–Crippen MR) is 137 cm³/mol. The topological polar surface area (TPSA) is 40.4 Å². The minimum Gasteiger partial charge on any atom is -0.462 e. The average Bonchev–Trinajstić information content (AvgIpc) is 2.84. The lowest BCUT2D eigenvalue weighted by atomic mass is 9.93. The molecule has 4 aromatic carbocycles. The quantitative estimate of drug-likeness (QED) is 0.192. The van der Waals surface area contributed by atoms with Crippen molar-refractivity contribution in [3.63, 3.8) is 0 Å². The first-order valence-corrected chi connectivity index (χ1v) is 11.9. The lowest BCUT2D eigenvalue weighted by molar-refractivity contribution is 0.0526. The Hall–Kier alpha value is -2.92. The molecule has 0 aliphatic rings. The molecule has 0 spiro atoms. The standard InChI is InChI=1S/C27H20Cl2NO2S/c1-2-32-27(31)20-15-22(18-9-5-3-6-10-18)26(23(16-20)19-11-7-4-8-12-19)30-33-25-14-13-21(28)17-24(25)29/h3-17H,2H2,1H3. The fourth-order valence-corrected chi connectivity index (χ4v) is 4.56. The first-order valence-electron chi connectivity index (χ1n) is 10.4. The number of hydrogen-bond acceptors (Lipinski definition) is 3. The lowest BCUT2D eigenvalue weighted by Gasteiger charge is -2.17. The van der Waals surface area contributed by atoms with Crippen LogP contribution >= 0.6 is 35.1 Å². The normalized spacial score (nSPS) is 10.6. The minimum atomic E-state index is -0.369. The largest absolute Gasteiger partial charge is 0.462 e. The summed E-state index contributed by atoms with van der Waals surface area (Å²) in [7, 11) is 0. The van der Waals surface area contributed by atoms with E-state index >= 15 is 0 Å². The molecule has 4 rings (SSSR count). The minimum absolute atomic E-state index is 0.303. The molecule has 6 heteroatoms. The van der Waals surface area contributed by atoms with E-state index < -0.39 is 0 Å². The van der Waals surface area contributed by atoms with E-state index in [1.54, 1.807) is 19.1 Å². The van der Waals surface area contributed by atoms with Crippen LogP contribution in [0.4, 0.5) is 5.69 Å². The highest BCUT2D eigenvalue weighted by Gasteiger charge is 2.20. The van der Waals surface area contributed by atoms with Crippen molar-refractivity contribution in [3.8, 4) is 22.3 Å². The highest BCUT2D eigenvalue weighted by Crippen LogP contribution is 2.42. The third-order valence-electron chi connectivity index (χ3n) is 4.92. The van der Waals surface area contributed by atoms with Gasteiger partial charge >= 0.3 is 5.97 Å². The van der Waals surface area contributed by atoms with Gasteiger partial charge in [0.05, 0.1) is 22.9 Å². The second kappa shape index (κ2) is 10.8. The molecule has 0 aliphatic carbocycles. The number of carbonyl (C=O) groups is 1. The average molecular weight is 493 g/mol. The van der Waals surface area contributed by atoms with Crippen LogP contribution in [0.15, 0.2) is 95.9 Å². The Morgan fingerprint density at radius 2 is 1.42 bits per heavy atom. The summed E-state index contributed by atoms with van der Waals surface area (Å²) >= 11 is 13.7. The molecule has 0 fully saturated rings. The summed E-state index contributed by atoms with van der Waals surface area (Å²) in [5.74, 6) is -0.369. The van der Waals surface area contributed by atoms with Gasteiger partial charge in [-0.2, -0.15) is 0 Å². The van der Waals surface area contributed by atoms with Gasteiger partial charge in [-0.3, -0.25) is 0 Å². The molecule has 0 unspecified atom stereocenters. The number of carbonyl (C=O) groups excluding carboxylic acids is 1. The number of rotatable bonds is 7. The van der Waals surface area contributed by atoms with Crippen molar-refractivity contribution in [2.24, 2.45) is 0 Å². The summed E-state index contributed by atoms with van der Waals surface area (Å²) in [6.45, 7) is 2.10. The summed E-state index contributed by atoms with van der Waals surface area (Å²) in [6, 6.07) is 28.7. The van der Waals surface area contributed by atoms with Crippen molar-refractivity contribution < 1.29 is 9.53 Å². The van der Waals surface area contributed by atoms with Crippen LogP contribution in [0.3, 0.4) is 0 Å². The van der Waals surface area contributed by atoms with Gasteiger partial charge in [0.25, 0.3) is 0 Å². The highest BCUT2D eigenvalue weighted by molar-refractivity contribution is 7.97. The summed E-state index contributed by atoms with van der Waals surface area (Å²) in [4.78, 5) is 13.5. The van der Waals surface area contributed by atoms with Gasteiger partial charge in [0.15, 0.2) is 0 Å². The van der Waals surface area contributed by atoms with Crippen molar-refractivity contribution in [1.82, 2.24) is 4.72 Å². The molecule has 4 aromatic rings. The van der Waals surface area contributed by atoms with Crippen LogP contribution in [0.2, 0.25) is 10.0 Å². The predicted octanol–water partition coefficient (Wildman–Crippen LogP) is 8.45. The second-order valence-corrected chi connectivity index (χ2v) is 8.78. The molecule has 1 radical (unpaired) electrons. The molecule has 0 amide bonds. The Labute approximate surface area is 207 Å². The second-order valence-electron chi connectivity index (χ2n) is 7.13. The van der Waals surface area contributed by atoms with Crippen molar-refractivity contribution >= 4 is 46.8 Å². The Morgan fingerprint density at radius 1 is 0.848 bits per heavy atom. The van der Waals surface area contributed by atoms with Crippen LogP contribution in [-0.2, 0) is 4.74 Å². The maximum absolute atomic E-state index is 12.7. The molecular formula is C27H20Cl2NO2S. The zero-order valence-corrected chi connectivity index (χ0v) is 20.1. The smallest absolute Gasteiger partial charge is 0.338 e. The first-order chi connectivity index (χ1) is 16.1. The van der Waals surface area contributed by atoms with Crippen LogP contribution < -0.4 is 4.72 Å². The van der Waals surface area contributed by atoms with Crippen molar-refractivity contribution in [2.45, 2.75) is 11.8 Å².